The second-order valence-corrected chi connectivity index (χ2v) is 6.78. The summed E-state index contributed by atoms with van der Waals surface area (Å²) < 4.78 is 19.2. The van der Waals surface area contributed by atoms with Crippen LogP contribution in [0.3, 0.4) is 0 Å². The Labute approximate surface area is 153 Å². The van der Waals surface area contributed by atoms with Crippen LogP contribution in [0.15, 0.2) is 48.5 Å². The van der Waals surface area contributed by atoms with Crippen molar-refractivity contribution >= 4 is 5.91 Å². The van der Waals surface area contributed by atoms with Crippen LogP contribution < -0.4 is 10.1 Å². The summed E-state index contributed by atoms with van der Waals surface area (Å²) in [6.45, 7) is 2.18. The molecule has 5 heteroatoms. The van der Waals surface area contributed by atoms with Crippen molar-refractivity contribution in [2.45, 2.75) is 44.9 Å². The number of amides is 1. The Bertz CT molecular complexity index is 741. The van der Waals surface area contributed by atoms with Crippen molar-refractivity contribution in [2.24, 2.45) is 5.92 Å². The zero-order valence-corrected chi connectivity index (χ0v) is 14.8. The van der Waals surface area contributed by atoms with E-state index in [9.17, 15) is 14.3 Å². The predicted octanol–water partition coefficient (Wildman–Crippen LogP) is 3.68. The number of carbonyl (C=O) groups excluding carboxylic acids is 1. The molecule has 1 aliphatic carbocycles. The molecule has 1 aliphatic rings. The van der Waals surface area contributed by atoms with Gasteiger partial charge in [0.25, 0.3) is 5.91 Å². The van der Waals surface area contributed by atoms with E-state index in [1.165, 1.54) is 6.07 Å². The lowest BCUT2D eigenvalue weighted by molar-refractivity contribution is 0.0232. The predicted molar refractivity (Wildman–Crippen MR) is 97.5 cm³/mol. The van der Waals surface area contributed by atoms with Crippen LogP contribution in [0.25, 0.3) is 0 Å². The number of benzene rings is 2. The second kappa shape index (κ2) is 8.32. The number of carbonyl (C=O) groups is 1. The second-order valence-electron chi connectivity index (χ2n) is 6.78. The van der Waals surface area contributed by atoms with E-state index < -0.39 is 0 Å². The van der Waals surface area contributed by atoms with E-state index in [0.29, 0.717) is 22.8 Å². The van der Waals surface area contributed by atoms with Crippen LogP contribution in [0, 0.1) is 11.7 Å². The minimum absolute atomic E-state index is 0.0860. The Hall–Kier alpha value is -2.40. The first-order valence-corrected chi connectivity index (χ1v) is 9.02. The van der Waals surface area contributed by atoms with Gasteiger partial charge in [0.15, 0.2) is 0 Å². The van der Waals surface area contributed by atoms with Crippen molar-refractivity contribution < 1.29 is 19.0 Å². The van der Waals surface area contributed by atoms with E-state index in [2.05, 4.69) is 5.32 Å². The van der Waals surface area contributed by atoms with Crippen LogP contribution in [0.4, 0.5) is 4.39 Å². The van der Waals surface area contributed by atoms with Gasteiger partial charge in [-0.25, -0.2) is 4.39 Å². The maximum atomic E-state index is 13.6. The Morgan fingerprint density at radius 2 is 1.92 bits per heavy atom. The summed E-state index contributed by atoms with van der Waals surface area (Å²) in [6, 6.07) is 13.4. The van der Waals surface area contributed by atoms with E-state index in [1.807, 2.05) is 6.92 Å². The molecule has 26 heavy (non-hydrogen) atoms. The molecule has 3 rings (SSSR count). The average molecular weight is 357 g/mol. The summed E-state index contributed by atoms with van der Waals surface area (Å²) in [7, 11) is 0. The van der Waals surface area contributed by atoms with Crippen LogP contribution in [0.5, 0.6) is 5.75 Å². The molecule has 0 unspecified atom stereocenters. The van der Waals surface area contributed by atoms with Gasteiger partial charge >= 0.3 is 0 Å². The highest BCUT2D eigenvalue weighted by Gasteiger charge is 2.33. The molecule has 2 aromatic carbocycles. The lowest BCUT2D eigenvalue weighted by Crippen LogP contribution is -2.46. The topological polar surface area (TPSA) is 58.6 Å². The van der Waals surface area contributed by atoms with Gasteiger partial charge in [-0.15, -0.1) is 0 Å². The fourth-order valence-electron chi connectivity index (χ4n) is 3.24. The van der Waals surface area contributed by atoms with Crippen LogP contribution in [-0.4, -0.2) is 23.2 Å². The molecular weight excluding hydrogens is 333 g/mol. The summed E-state index contributed by atoms with van der Waals surface area (Å²) in [4.78, 5) is 12.4. The zero-order chi connectivity index (χ0) is 18.5. The van der Waals surface area contributed by atoms with Gasteiger partial charge in [0.05, 0.1) is 6.10 Å². The molecule has 0 saturated heterocycles. The molecule has 2 N–H and O–H groups in total. The van der Waals surface area contributed by atoms with E-state index in [4.69, 9.17) is 4.74 Å². The standard InChI is InChI=1S/C21H24FNO3/c1-2-20(16-11-17(24)12-16)23-21(25)14-7-9-18(10-8-14)26-13-15-5-3-4-6-19(15)22/h3-10,16-17,20,24H,2,11-13H2,1H3,(H,23,25)/t16?,17?,20-/m0/s1. The first kappa shape index (κ1) is 18.4. The molecule has 138 valence electrons. The minimum atomic E-state index is -0.296. The monoisotopic (exact) mass is 357 g/mol. The van der Waals surface area contributed by atoms with E-state index in [0.717, 1.165) is 19.3 Å². The highest BCUT2D eigenvalue weighted by molar-refractivity contribution is 5.94. The Morgan fingerprint density at radius 3 is 2.54 bits per heavy atom. The summed E-state index contributed by atoms with van der Waals surface area (Å²) >= 11 is 0. The lowest BCUT2D eigenvalue weighted by atomic mass is 9.76. The normalized spacial score (nSPS) is 20.1. The number of ether oxygens (including phenoxy) is 1. The van der Waals surface area contributed by atoms with E-state index in [-0.39, 0.29) is 30.5 Å². The molecule has 4 nitrogen and oxygen atoms in total. The molecule has 2 aromatic rings. The molecule has 0 aliphatic heterocycles. The van der Waals surface area contributed by atoms with Crippen LogP contribution in [-0.2, 0) is 6.61 Å². The fourth-order valence-corrected chi connectivity index (χ4v) is 3.24. The number of aliphatic hydroxyl groups excluding tert-OH is 1. The largest absolute Gasteiger partial charge is 0.489 e. The van der Waals surface area contributed by atoms with Crippen molar-refractivity contribution in [2.75, 3.05) is 0 Å². The van der Waals surface area contributed by atoms with Gasteiger partial charge in [-0.1, -0.05) is 25.1 Å². The zero-order valence-electron chi connectivity index (χ0n) is 14.8. The molecule has 1 amide bonds. The average Bonchev–Trinajstić information content (AvgIpc) is 2.63. The number of aliphatic hydroxyl groups is 1. The van der Waals surface area contributed by atoms with Gasteiger partial charge in [0.2, 0.25) is 0 Å². The first-order valence-electron chi connectivity index (χ1n) is 9.02. The van der Waals surface area contributed by atoms with Gasteiger partial charge in [0.1, 0.15) is 18.2 Å². The number of rotatable bonds is 7. The van der Waals surface area contributed by atoms with Crippen molar-refractivity contribution in [3.05, 3.63) is 65.5 Å². The highest BCUT2D eigenvalue weighted by atomic mass is 19.1. The Balaban J connectivity index is 1.55. The van der Waals surface area contributed by atoms with Gasteiger partial charge in [-0.05, 0) is 55.5 Å². The van der Waals surface area contributed by atoms with Gasteiger partial charge in [-0.3, -0.25) is 4.79 Å². The first-order chi connectivity index (χ1) is 12.6. The molecule has 0 radical (unpaired) electrons. The number of nitrogens with one attached hydrogen (secondary N) is 1. The summed E-state index contributed by atoms with van der Waals surface area (Å²) in [6.07, 6.45) is 2.12. The molecule has 1 fully saturated rings. The molecule has 1 atom stereocenters. The Kier molecular flexibility index (Phi) is 5.89. The molecule has 1 saturated carbocycles. The maximum absolute atomic E-state index is 13.6. The van der Waals surface area contributed by atoms with E-state index in [1.54, 1.807) is 42.5 Å². The van der Waals surface area contributed by atoms with Gasteiger partial charge < -0.3 is 15.2 Å². The summed E-state index contributed by atoms with van der Waals surface area (Å²) in [5, 5.41) is 12.5. The summed E-state index contributed by atoms with van der Waals surface area (Å²) in [5.41, 5.74) is 1.05. The van der Waals surface area contributed by atoms with Crippen molar-refractivity contribution in [1.82, 2.24) is 5.32 Å². The van der Waals surface area contributed by atoms with Crippen molar-refractivity contribution in [3.63, 3.8) is 0 Å². The van der Waals surface area contributed by atoms with Crippen molar-refractivity contribution in [1.29, 1.82) is 0 Å². The fraction of sp³-hybridized carbons (Fsp3) is 0.381. The van der Waals surface area contributed by atoms with Gasteiger partial charge in [-0.2, -0.15) is 0 Å². The number of halogens is 1. The minimum Gasteiger partial charge on any atom is -0.489 e. The third-order valence-corrected chi connectivity index (χ3v) is 4.94. The SMILES string of the molecule is CC[C@H](NC(=O)c1ccc(OCc2ccccc2F)cc1)C1CC(O)C1. The third-order valence-electron chi connectivity index (χ3n) is 4.94. The van der Waals surface area contributed by atoms with Crippen molar-refractivity contribution in [3.8, 4) is 5.75 Å². The molecule has 0 bridgehead atoms. The third kappa shape index (κ3) is 4.41. The molecule has 0 aromatic heterocycles. The number of hydrogen-bond acceptors (Lipinski definition) is 3. The van der Waals surface area contributed by atoms with Crippen LogP contribution >= 0.6 is 0 Å². The maximum Gasteiger partial charge on any atom is 0.251 e. The quantitative estimate of drug-likeness (QED) is 0.795. The van der Waals surface area contributed by atoms with Gasteiger partial charge in [0, 0.05) is 17.2 Å². The Morgan fingerprint density at radius 1 is 1.23 bits per heavy atom. The van der Waals surface area contributed by atoms with E-state index >= 15 is 0 Å². The number of hydrogen-bond donors (Lipinski definition) is 2. The molecule has 0 spiro atoms. The van der Waals surface area contributed by atoms with Crippen LogP contribution in [0.1, 0.15) is 42.1 Å². The van der Waals surface area contributed by atoms with Crippen LogP contribution in [0.2, 0.25) is 0 Å². The molecular formula is C21H24FNO3. The smallest absolute Gasteiger partial charge is 0.251 e. The highest BCUT2D eigenvalue weighted by Crippen LogP contribution is 2.31. The lowest BCUT2D eigenvalue weighted by Gasteiger charge is -2.37. The molecule has 0 heterocycles. The summed E-state index contributed by atoms with van der Waals surface area (Å²) in [5.74, 6) is 0.510.